The molecule has 1 aliphatic carbocycles. The molecule has 0 bridgehead atoms. The molecule has 2 aromatic carbocycles. The first-order valence-electron chi connectivity index (χ1n) is 8.88. The predicted molar refractivity (Wildman–Crippen MR) is 107 cm³/mol. The SMILES string of the molecule is O=c1c(Cl)c(N(Cc2ccccc2)C2CC2)cnn1-c1ccc([N+](=O)[O-])cc1. The summed E-state index contributed by atoms with van der Waals surface area (Å²) < 4.78 is 1.16. The number of nitro benzene ring substituents is 1. The molecule has 3 aromatic rings. The fourth-order valence-electron chi connectivity index (χ4n) is 3.10. The molecule has 0 spiro atoms. The van der Waals surface area contributed by atoms with E-state index in [9.17, 15) is 14.9 Å². The highest BCUT2D eigenvalue weighted by molar-refractivity contribution is 6.33. The van der Waals surface area contributed by atoms with E-state index in [0.717, 1.165) is 23.1 Å². The number of nitro groups is 1. The van der Waals surface area contributed by atoms with Crippen LogP contribution in [0.5, 0.6) is 0 Å². The van der Waals surface area contributed by atoms with Crippen LogP contribution in [-0.4, -0.2) is 20.7 Å². The number of aromatic nitrogens is 2. The molecule has 1 saturated carbocycles. The first-order valence-corrected chi connectivity index (χ1v) is 9.25. The summed E-state index contributed by atoms with van der Waals surface area (Å²) in [6, 6.07) is 16.0. The number of rotatable bonds is 6. The lowest BCUT2D eigenvalue weighted by Crippen LogP contribution is -2.30. The topological polar surface area (TPSA) is 81.3 Å². The van der Waals surface area contributed by atoms with Gasteiger partial charge in [-0.15, -0.1) is 0 Å². The van der Waals surface area contributed by atoms with Crippen LogP contribution in [0.15, 0.2) is 65.6 Å². The van der Waals surface area contributed by atoms with Crippen molar-refractivity contribution in [3.05, 3.63) is 91.8 Å². The minimum absolute atomic E-state index is 0.0534. The molecule has 4 rings (SSSR count). The number of nitrogens with zero attached hydrogens (tertiary/aromatic N) is 4. The minimum Gasteiger partial charge on any atom is -0.362 e. The number of halogens is 1. The van der Waals surface area contributed by atoms with Gasteiger partial charge in [-0.2, -0.15) is 9.78 Å². The van der Waals surface area contributed by atoms with Crippen molar-refractivity contribution < 1.29 is 4.92 Å². The van der Waals surface area contributed by atoms with Crippen molar-refractivity contribution in [2.75, 3.05) is 4.90 Å². The van der Waals surface area contributed by atoms with Gasteiger partial charge in [0.25, 0.3) is 11.2 Å². The van der Waals surface area contributed by atoms with Crippen molar-refractivity contribution in [3.63, 3.8) is 0 Å². The molecule has 1 heterocycles. The molecule has 0 amide bonds. The zero-order valence-electron chi connectivity index (χ0n) is 14.9. The molecule has 28 heavy (non-hydrogen) atoms. The van der Waals surface area contributed by atoms with E-state index in [1.807, 2.05) is 30.3 Å². The van der Waals surface area contributed by atoms with Gasteiger partial charge >= 0.3 is 0 Å². The Morgan fingerprint density at radius 2 is 1.82 bits per heavy atom. The average molecular weight is 397 g/mol. The summed E-state index contributed by atoms with van der Waals surface area (Å²) >= 11 is 6.44. The summed E-state index contributed by atoms with van der Waals surface area (Å²) in [5.74, 6) is 0. The highest BCUT2D eigenvalue weighted by Gasteiger charge is 2.31. The van der Waals surface area contributed by atoms with Crippen molar-refractivity contribution in [2.45, 2.75) is 25.4 Å². The van der Waals surface area contributed by atoms with Crippen LogP contribution in [0.25, 0.3) is 5.69 Å². The molecule has 1 fully saturated rings. The normalized spacial score (nSPS) is 13.3. The Morgan fingerprint density at radius 3 is 2.43 bits per heavy atom. The Kier molecular flexibility index (Phi) is 4.83. The first kappa shape index (κ1) is 18.2. The molecule has 0 unspecified atom stereocenters. The average Bonchev–Trinajstić information content (AvgIpc) is 3.55. The second-order valence-electron chi connectivity index (χ2n) is 6.68. The summed E-state index contributed by atoms with van der Waals surface area (Å²) in [6.45, 7) is 0.647. The molecule has 7 nitrogen and oxygen atoms in total. The summed E-state index contributed by atoms with van der Waals surface area (Å²) in [7, 11) is 0. The van der Waals surface area contributed by atoms with Gasteiger partial charge < -0.3 is 4.90 Å². The maximum Gasteiger partial charge on any atom is 0.292 e. The Labute approximate surface area is 165 Å². The lowest BCUT2D eigenvalue weighted by Gasteiger charge is -2.25. The summed E-state index contributed by atoms with van der Waals surface area (Å²) in [5, 5.41) is 15.2. The van der Waals surface area contributed by atoms with Crippen molar-refractivity contribution in [1.82, 2.24) is 9.78 Å². The monoisotopic (exact) mass is 396 g/mol. The van der Waals surface area contributed by atoms with E-state index >= 15 is 0 Å². The van der Waals surface area contributed by atoms with Gasteiger partial charge in [0, 0.05) is 24.7 Å². The van der Waals surface area contributed by atoms with Gasteiger partial charge in [0.15, 0.2) is 0 Å². The van der Waals surface area contributed by atoms with Crippen LogP contribution in [0.1, 0.15) is 18.4 Å². The standard InChI is InChI=1S/C20H17ClN4O3/c21-19-18(23(15-6-7-15)13-14-4-2-1-3-5-14)12-22-24(20(19)26)16-8-10-17(11-9-16)25(27)28/h1-5,8-12,15H,6-7,13H2. The van der Waals surface area contributed by atoms with E-state index in [-0.39, 0.29) is 10.7 Å². The van der Waals surface area contributed by atoms with Gasteiger partial charge in [-0.3, -0.25) is 14.9 Å². The number of hydrogen-bond acceptors (Lipinski definition) is 5. The van der Waals surface area contributed by atoms with Crippen molar-refractivity contribution in [1.29, 1.82) is 0 Å². The van der Waals surface area contributed by atoms with E-state index in [2.05, 4.69) is 10.00 Å². The zero-order valence-corrected chi connectivity index (χ0v) is 15.6. The number of hydrogen-bond donors (Lipinski definition) is 0. The second-order valence-corrected chi connectivity index (χ2v) is 7.06. The van der Waals surface area contributed by atoms with Gasteiger partial charge in [-0.1, -0.05) is 41.9 Å². The van der Waals surface area contributed by atoms with Crippen molar-refractivity contribution >= 4 is 23.0 Å². The van der Waals surface area contributed by atoms with E-state index in [1.54, 1.807) is 6.20 Å². The quantitative estimate of drug-likeness (QED) is 0.465. The molecule has 0 saturated heterocycles. The zero-order chi connectivity index (χ0) is 19.7. The molecule has 0 N–H and O–H groups in total. The van der Waals surface area contributed by atoms with Crippen LogP contribution in [0.4, 0.5) is 11.4 Å². The maximum atomic E-state index is 12.8. The van der Waals surface area contributed by atoms with Crippen LogP contribution in [0.3, 0.4) is 0 Å². The van der Waals surface area contributed by atoms with Crippen molar-refractivity contribution in [2.24, 2.45) is 0 Å². The minimum atomic E-state index is -0.493. The van der Waals surface area contributed by atoms with Crippen LogP contribution in [0, 0.1) is 10.1 Å². The maximum absolute atomic E-state index is 12.8. The molecule has 142 valence electrons. The highest BCUT2D eigenvalue weighted by Crippen LogP contribution is 2.35. The van der Waals surface area contributed by atoms with E-state index in [4.69, 9.17) is 11.6 Å². The van der Waals surface area contributed by atoms with Crippen molar-refractivity contribution in [3.8, 4) is 5.69 Å². The lowest BCUT2D eigenvalue weighted by molar-refractivity contribution is -0.384. The largest absolute Gasteiger partial charge is 0.362 e. The Hall–Kier alpha value is -3.19. The van der Waals surface area contributed by atoms with E-state index < -0.39 is 10.5 Å². The van der Waals surface area contributed by atoms with Crippen LogP contribution >= 0.6 is 11.6 Å². The number of non-ortho nitro benzene ring substituents is 1. The number of anilines is 1. The molecule has 1 aromatic heterocycles. The first-order chi connectivity index (χ1) is 13.5. The molecular formula is C20H17ClN4O3. The van der Waals surface area contributed by atoms with Gasteiger partial charge in [-0.25, -0.2) is 0 Å². The third-order valence-electron chi connectivity index (χ3n) is 4.70. The van der Waals surface area contributed by atoms with Gasteiger partial charge in [0.05, 0.1) is 22.5 Å². The summed E-state index contributed by atoms with van der Waals surface area (Å²) in [5.41, 5.74) is 1.65. The molecule has 8 heteroatoms. The fourth-order valence-corrected chi connectivity index (χ4v) is 3.34. The Bertz CT molecular complexity index is 1060. The van der Waals surface area contributed by atoms with Crippen LogP contribution in [-0.2, 0) is 6.54 Å². The third-order valence-corrected chi connectivity index (χ3v) is 5.05. The van der Waals surface area contributed by atoms with Gasteiger partial charge in [0.2, 0.25) is 0 Å². The second kappa shape index (κ2) is 7.44. The smallest absolute Gasteiger partial charge is 0.292 e. The predicted octanol–water partition coefficient (Wildman–Crippen LogP) is 3.96. The molecule has 0 radical (unpaired) electrons. The lowest BCUT2D eigenvalue weighted by atomic mass is 10.2. The number of benzene rings is 2. The third kappa shape index (κ3) is 3.61. The molecule has 0 atom stereocenters. The molecular weight excluding hydrogens is 380 g/mol. The van der Waals surface area contributed by atoms with Crippen LogP contribution < -0.4 is 10.5 Å². The van der Waals surface area contributed by atoms with Crippen LogP contribution in [0.2, 0.25) is 5.02 Å². The summed E-state index contributed by atoms with van der Waals surface area (Å²) in [6.07, 6.45) is 3.69. The molecule has 1 aliphatic rings. The summed E-state index contributed by atoms with van der Waals surface area (Å²) in [4.78, 5) is 25.2. The van der Waals surface area contributed by atoms with E-state index in [0.29, 0.717) is 24.0 Å². The Morgan fingerprint density at radius 1 is 1.14 bits per heavy atom. The Balaban J connectivity index is 1.68. The van der Waals surface area contributed by atoms with Gasteiger partial charge in [-0.05, 0) is 30.5 Å². The molecule has 0 aliphatic heterocycles. The fraction of sp³-hybridized carbons (Fsp3) is 0.200. The van der Waals surface area contributed by atoms with E-state index in [1.165, 1.54) is 24.3 Å². The van der Waals surface area contributed by atoms with Gasteiger partial charge in [0.1, 0.15) is 5.02 Å². The highest BCUT2D eigenvalue weighted by atomic mass is 35.5.